The third-order valence-corrected chi connectivity index (χ3v) is 7.68. The van der Waals surface area contributed by atoms with Crippen molar-refractivity contribution >= 4 is 62.1 Å². The Balaban J connectivity index is 1.62. The molecule has 1 N–H and O–H groups in total. The number of pyridine rings is 1. The number of hydrogen-bond donors (Lipinski definition) is 1. The zero-order valence-corrected chi connectivity index (χ0v) is 21.3. The van der Waals surface area contributed by atoms with Crippen LogP contribution in [0.2, 0.25) is 10.0 Å². The molecular formula is C25H18BrCl2N3OS. The highest BCUT2D eigenvalue weighted by Gasteiger charge is 2.42. The first-order valence-corrected chi connectivity index (χ1v) is 12.2. The van der Waals surface area contributed by atoms with E-state index in [0.717, 1.165) is 32.7 Å². The number of aryl methyl sites for hydroxylation is 1. The Labute approximate surface area is 215 Å². The monoisotopic (exact) mass is 557 g/mol. The number of hydrogen-bond acceptors (Lipinski definition) is 3. The Morgan fingerprint density at radius 2 is 1.91 bits per heavy atom. The fraction of sp³-hybridized carbons (Fsp3) is 0.120. The molecular weight excluding hydrogens is 541 g/mol. The molecule has 2 aromatic heterocycles. The molecule has 0 radical (unpaired) electrons. The summed E-state index contributed by atoms with van der Waals surface area (Å²) in [7, 11) is 0. The number of halogens is 3. The molecule has 1 aliphatic heterocycles. The molecule has 0 saturated carbocycles. The summed E-state index contributed by atoms with van der Waals surface area (Å²) in [5, 5.41) is 5.00. The van der Waals surface area contributed by atoms with E-state index >= 15 is 0 Å². The zero-order chi connectivity index (χ0) is 23.1. The van der Waals surface area contributed by atoms with Gasteiger partial charge in [-0.3, -0.25) is 4.98 Å². The largest absolute Gasteiger partial charge is 0.459 e. The number of benzene rings is 2. The van der Waals surface area contributed by atoms with Gasteiger partial charge in [0.05, 0.1) is 21.8 Å². The zero-order valence-electron chi connectivity index (χ0n) is 17.4. The molecule has 0 unspecified atom stereocenters. The summed E-state index contributed by atoms with van der Waals surface area (Å²) in [6.07, 6.45) is 1.78. The van der Waals surface area contributed by atoms with Gasteiger partial charge in [0.25, 0.3) is 0 Å². The van der Waals surface area contributed by atoms with E-state index in [9.17, 15) is 0 Å². The van der Waals surface area contributed by atoms with Crippen LogP contribution >= 0.6 is 51.3 Å². The van der Waals surface area contributed by atoms with Crippen LogP contribution < -0.4 is 10.2 Å². The van der Waals surface area contributed by atoms with Crippen molar-refractivity contribution in [2.75, 3.05) is 4.90 Å². The number of aromatic nitrogens is 1. The molecule has 2 atom stereocenters. The van der Waals surface area contributed by atoms with Crippen LogP contribution in [0.5, 0.6) is 0 Å². The minimum absolute atomic E-state index is 0.198. The summed E-state index contributed by atoms with van der Waals surface area (Å²) < 4.78 is 7.41. The summed E-state index contributed by atoms with van der Waals surface area (Å²) in [5.41, 5.74) is 3.70. The van der Waals surface area contributed by atoms with Gasteiger partial charge in [-0.05, 0) is 79.3 Å². The second-order valence-electron chi connectivity index (χ2n) is 7.73. The first kappa shape index (κ1) is 22.4. The summed E-state index contributed by atoms with van der Waals surface area (Å²) in [6.45, 7) is 2.05. The first-order valence-electron chi connectivity index (χ1n) is 10.2. The molecule has 2 aromatic carbocycles. The van der Waals surface area contributed by atoms with Gasteiger partial charge in [0.15, 0.2) is 5.11 Å². The molecule has 1 saturated heterocycles. The maximum absolute atomic E-state index is 6.45. The lowest BCUT2D eigenvalue weighted by atomic mass is 10.0. The molecule has 0 aliphatic carbocycles. The minimum Gasteiger partial charge on any atom is -0.459 e. The predicted octanol–water partition coefficient (Wildman–Crippen LogP) is 7.90. The third-order valence-electron chi connectivity index (χ3n) is 5.65. The van der Waals surface area contributed by atoms with Crippen molar-refractivity contribution in [2.45, 2.75) is 19.0 Å². The Morgan fingerprint density at radius 3 is 2.67 bits per heavy atom. The molecule has 8 heteroatoms. The Morgan fingerprint density at radius 1 is 1.06 bits per heavy atom. The van der Waals surface area contributed by atoms with Crippen molar-refractivity contribution in [3.05, 3.63) is 104 Å². The molecule has 1 aliphatic rings. The standard InChI is InChI=1S/C25H18BrCl2N3OS/c1-14-13-15(8-9-17(14)26)31-24(23(30-25(31)33)19-7-2-3-12-29-19)21-11-10-20(32-21)16-5-4-6-18(27)22(16)28/h2-13,23-24H,1H3,(H,30,33)/t23-,24-/m0/s1. The Kier molecular flexibility index (Phi) is 6.18. The van der Waals surface area contributed by atoms with E-state index in [4.69, 9.17) is 39.8 Å². The normalized spacial score (nSPS) is 17.9. The van der Waals surface area contributed by atoms with Gasteiger partial charge in [-0.1, -0.05) is 51.3 Å². The van der Waals surface area contributed by atoms with Gasteiger partial charge in [0.1, 0.15) is 17.6 Å². The minimum atomic E-state index is -0.250. The number of rotatable bonds is 4. The molecule has 3 heterocycles. The van der Waals surface area contributed by atoms with Crippen LogP contribution in [0.3, 0.4) is 0 Å². The quantitative estimate of drug-likeness (QED) is 0.258. The third kappa shape index (κ3) is 4.17. The summed E-state index contributed by atoms with van der Waals surface area (Å²) >= 11 is 22.1. The van der Waals surface area contributed by atoms with E-state index in [0.29, 0.717) is 20.9 Å². The van der Waals surface area contributed by atoms with Crippen LogP contribution in [-0.2, 0) is 0 Å². The first-order chi connectivity index (χ1) is 15.9. The number of furan rings is 1. The molecule has 33 heavy (non-hydrogen) atoms. The van der Waals surface area contributed by atoms with Crippen molar-refractivity contribution in [1.29, 1.82) is 0 Å². The lowest BCUT2D eigenvalue weighted by molar-refractivity contribution is 0.439. The van der Waals surface area contributed by atoms with E-state index in [1.807, 2.05) is 54.6 Å². The van der Waals surface area contributed by atoms with Crippen LogP contribution in [0.4, 0.5) is 5.69 Å². The molecule has 0 bridgehead atoms. The second kappa shape index (κ2) is 9.11. The number of thiocarbonyl (C=S) groups is 1. The highest BCUT2D eigenvalue weighted by atomic mass is 79.9. The maximum atomic E-state index is 6.45. The summed E-state index contributed by atoms with van der Waals surface area (Å²) in [6, 6.07) is 20.9. The van der Waals surface area contributed by atoms with Gasteiger partial charge in [0, 0.05) is 21.9 Å². The van der Waals surface area contributed by atoms with Crippen molar-refractivity contribution in [3.8, 4) is 11.3 Å². The van der Waals surface area contributed by atoms with E-state index in [-0.39, 0.29) is 12.1 Å². The van der Waals surface area contributed by atoms with Crippen LogP contribution in [0.15, 0.2) is 81.8 Å². The Bertz CT molecular complexity index is 1340. The van der Waals surface area contributed by atoms with Crippen molar-refractivity contribution < 1.29 is 4.42 Å². The van der Waals surface area contributed by atoms with Crippen molar-refractivity contribution in [2.24, 2.45) is 0 Å². The molecule has 4 aromatic rings. The average molecular weight is 559 g/mol. The van der Waals surface area contributed by atoms with Crippen LogP contribution in [0.1, 0.15) is 29.1 Å². The fourth-order valence-corrected chi connectivity index (χ4v) is 5.04. The SMILES string of the molecule is Cc1cc(N2C(=S)N[C@@H](c3ccccn3)[C@@H]2c2ccc(-c3cccc(Cl)c3Cl)o2)ccc1Br. The van der Waals surface area contributed by atoms with Crippen molar-refractivity contribution in [3.63, 3.8) is 0 Å². The fourth-order valence-electron chi connectivity index (χ4n) is 4.05. The predicted molar refractivity (Wildman–Crippen MR) is 141 cm³/mol. The van der Waals surface area contributed by atoms with E-state index in [1.54, 1.807) is 12.3 Å². The van der Waals surface area contributed by atoms with E-state index < -0.39 is 0 Å². The van der Waals surface area contributed by atoms with Gasteiger partial charge in [-0.25, -0.2) is 0 Å². The molecule has 1 fully saturated rings. The van der Waals surface area contributed by atoms with E-state index in [1.165, 1.54) is 0 Å². The lowest BCUT2D eigenvalue weighted by Crippen LogP contribution is -2.29. The van der Waals surface area contributed by atoms with Gasteiger partial charge < -0.3 is 14.6 Å². The van der Waals surface area contributed by atoms with Gasteiger partial charge in [-0.15, -0.1) is 0 Å². The highest BCUT2D eigenvalue weighted by Crippen LogP contribution is 2.44. The van der Waals surface area contributed by atoms with Crippen LogP contribution in [0, 0.1) is 6.92 Å². The van der Waals surface area contributed by atoms with Crippen LogP contribution in [0.25, 0.3) is 11.3 Å². The average Bonchev–Trinajstić information content (AvgIpc) is 3.43. The second-order valence-corrected chi connectivity index (χ2v) is 9.76. The lowest BCUT2D eigenvalue weighted by Gasteiger charge is -2.26. The smallest absolute Gasteiger partial charge is 0.174 e. The van der Waals surface area contributed by atoms with Gasteiger partial charge >= 0.3 is 0 Å². The van der Waals surface area contributed by atoms with E-state index in [2.05, 4.69) is 44.1 Å². The molecule has 0 spiro atoms. The van der Waals surface area contributed by atoms with Gasteiger partial charge in [0.2, 0.25) is 0 Å². The Hall–Kier alpha value is -2.38. The molecule has 0 amide bonds. The highest BCUT2D eigenvalue weighted by molar-refractivity contribution is 9.10. The molecule has 5 rings (SSSR count). The molecule has 166 valence electrons. The maximum Gasteiger partial charge on any atom is 0.174 e. The van der Waals surface area contributed by atoms with Crippen molar-refractivity contribution in [1.82, 2.24) is 10.3 Å². The molecule has 4 nitrogen and oxygen atoms in total. The van der Waals surface area contributed by atoms with Crippen LogP contribution in [-0.4, -0.2) is 10.1 Å². The summed E-state index contributed by atoms with van der Waals surface area (Å²) in [5.74, 6) is 1.38. The topological polar surface area (TPSA) is 41.3 Å². The number of nitrogens with zero attached hydrogens (tertiary/aromatic N) is 2. The summed E-state index contributed by atoms with van der Waals surface area (Å²) in [4.78, 5) is 6.66. The number of nitrogens with one attached hydrogen (secondary N) is 1. The number of anilines is 1. The van der Waals surface area contributed by atoms with Gasteiger partial charge in [-0.2, -0.15) is 0 Å².